The van der Waals surface area contributed by atoms with Crippen LogP contribution in [0, 0.1) is 5.41 Å². The number of carboxylic acid groups (broad SMARTS) is 1. The van der Waals surface area contributed by atoms with E-state index in [2.05, 4.69) is 10.5 Å². The van der Waals surface area contributed by atoms with Crippen molar-refractivity contribution < 1.29 is 24.2 Å². The van der Waals surface area contributed by atoms with Crippen molar-refractivity contribution in [3.05, 3.63) is 0 Å². The van der Waals surface area contributed by atoms with Crippen molar-refractivity contribution in [2.75, 3.05) is 0 Å². The molecule has 2 rings (SSSR count). The van der Waals surface area contributed by atoms with Crippen LogP contribution < -0.4 is 5.43 Å². The fourth-order valence-electron chi connectivity index (χ4n) is 1.55. The molecule has 0 spiro atoms. The molecule has 92 valence electrons. The minimum atomic E-state index is -1.50. The van der Waals surface area contributed by atoms with Gasteiger partial charge in [0.05, 0.1) is 5.71 Å². The number of nitrogens with zero attached hydrogens (tertiary/aromatic N) is 1. The van der Waals surface area contributed by atoms with Gasteiger partial charge < -0.3 is 9.84 Å². The average Bonchev–Trinajstić information content (AvgIpc) is 3.01. The third-order valence-electron chi connectivity index (χ3n) is 3.30. The standard InChI is InChI=1S/C10H12N2O5/c1-5-9(2,6(13)12-11-5)17-8(16)10(3-4-10)7(14)15/h3-4H2,1-2H3,(H,12,13)(H,14,15). The highest BCUT2D eigenvalue weighted by molar-refractivity contribution is 6.16. The first-order valence-electron chi connectivity index (χ1n) is 5.15. The monoisotopic (exact) mass is 240 g/mol. The fourth-order valence-corrected chi connectivity index (χ4v) is 1.55. The minimum absolute atomic E-state index is 0.245. The molecule has 7 nitrogen and oxygen atoms in total. The lowest BCUT2D eigenvalue weighted by molar-refractivity contribution is -0.170. The summed E-state index contributed by atoms with van der Waals surface area (Å²) in [4.78, 5) is 34.2. The quantitative estimate of drug-likeness (QED) is 0.518. The van der Waals surface area contributed by atoms with Gasteiger partial charge in [0.25, 0.3) is 5.91 Å². The number of nitrogens with one attached hydrogen (secondary N) is 1. The molecule has 17 heavy (non-hydrogen) atoms. The molecule has 0 aromatic carbocycles. The molecular weight excluding hydrogens is 228 g/mol. The number of hydrogen-bond acceptors (Lipinski definition) is 5. The molecule has 0 saturated heterocycles. The second-order valence-electron chi connectivity index (χ2n) is 4.45. The van der Waals surface area contributed by atoms with Crippen LogP contribution in [-0.4, -0.2) is 34.3 Å². The van der Waals surface area contributed by atoms with Gasteiger partial charge in [0, 0.05) is 0 Å². The third kappa shape index (κ3) is 1.49. The molecule has 2 N–H and O–H groups in total. The van der Waals surface area contributed by atoms with Crippen molar-refractivity contribution in [1.29, 1.82) is 0 Å². The summed E-state index contributed by atoms with van der Waals surface area (Å²) < 4.78 is 5.05. The highest BCUT2D eigenvalue weighted by Crippen LogP contribution is 2.47. The van der Waals surface area contributed by atoms with Crippen LogP contribution in [0.1, 0.15) is 26.7 Å². The Kier molecular flexibility index (Phi) is 2.23. The number of carboxylic acids is 1. The smallest absolute Gasteiger partial charge is 0.324 e. The summed E-state index contributed by atoms with van der Waals surface area (Å²) >= 11 is 0. The summed E-state index contributed by atoms with van der Waals surface area (Å²) in [7, 11) is 0. The normalized spacial score (nSPS) is 29.3. The summed E-state index contributed by atoms with van der Waals surface area (Å²) in [6.07, 6.45) is 0.490. The molecule has 1 atom stereocenters. The topological polar surface area (TPSA) is 105 Å². The van der Waals surface area contributed by atoms with Crippen molar-refractivity contribution >= 4 is 23.6 Å². The molecule has 0 aromatic heterocycles. The van der Waals surface area contributed by atoms with E-state index in [0.29, 0.717) is 5.71 Å². The average molecular weight is 240 g/mol. The zero-order valence-corrected chi connectivity index (χ0v) is 9.44. The first kappa shape index (κ1) is 11.6. The van der Waals surface area contributed by atoms with Gasteiger partial charge in [0.1, 0.15) is 0 Å². The van der Waals surface area contributed by atoms with E-state index in [1.54, 1.807) is 0 Å². The minimum Gasteiger partial charge on any atom is -0.480 e. The van der Waals surface area contributed by atoms with Gasteiger partial charge in [-0.25, -0.2) is 5.43 Å². The van der Waals surface area contributed by atoms with Gasteiger partial charge in [0.2, 0.25) is 5.60 Å². The number of ether oxygens (including phenoxy) is 1. The molecular formula is C10H12N2O5. The van der Waals surface area contributed by atoms with Gasteiger partial charge in [-0.3, -0.25) is 14.4 Å². The Hall–Kier alpha value is -1.92. The van der Waals surface area contributed by atoms with Crippen molar-refractivity contribution in [2.45, 2.75) is 32.3 Å². The Bertz CT molecular complexity index is 452. The molecule has 1 unspecified atom stereocenters. The van der Waals surface area contributed by atoms with E-state index in [1.807, 2.05) is 0 Å². The summed E-state index contributed by atoms with van der Waals surface area (Å²) in [6, 6.07) is 0. The molecule has 0 bridgehead atoms. The van der Waals surface area contributed by atoms with E-state index in [4.69, 9.17) is 9.84 Å². The van der Waals surface area contributed by atoms with Crippen LogP contribution in [0.3, 0.4) is 0 Å². The van der Waals surface area contributed by atoms with Crippen LogP contribution >= 0.6 is 0 Å². The predicted octanol–water partition coefficient (Wildman–Crippen LogP) is -0.341. The molecule has 2 aliphatic rings. The van der Waals surface area contributed by atoms with Gasteiger partial charge in [-0.2, -0.15) is 5.10 Å². The largest absolute Gasteiger partial charge is 0.480 e. The van der Waals surface area contributed by atoms with E-state index in [-0.39, 0.29) is 12.8 Å². The van der Waals surface area contributed by atoms with Crippen LogP contribution in [0.2, 0.25) is 0 Å². The number of carbonyl (C=O) groups is 3. The predicted molar refractivity (Wildman–Crippen MR) is 55.1 cm³/mol. The number of aliphatic carboxylic acids is 1. The van der Waals surface area contributed by atoms with E-state index in [1.165, 1.54) is 13.8 Å². The van der Waals surface area contributed by atoms with Crippen molar-refractivity contribution in [3.8, 4) is 0 Å². The Labute approximate surface area is 96.8 Å². The molecule has 7 heteroatoms. The lowest BCUT2D eigenvalue weighted by atomic mass is 10.0. The van der Waals surface area contributed by atoms with E-state index in [9.17, 15) is 14.4 Å². The molecule has 1 saturated carbocycles. The zero-order chi connectivity index (χ0) is 12.8. The molecule has 1 aliphatic carbocycles. The second-order valence-corrected chi connectivity index (χ2v) is 4.45. The second kappa shape index (κ2) is 3.28. The van der Waals surface area contributed by atoms with Crippen LogP contribution in [-0.2, 0) is 19.1 Å². The van der Waals surface area contributed by atoms with Gasteiger partial charge in [-0.1, -0.05) is 0 Å². The molecule has 1 heterocycles. The van der Waals surface area contributed by atoms with E-state index < -0.39 is 28.9 Å². The SMILES string of the molecule is CC1=NNC(=O)C1(C)OC(=O)C1(C(=O)O)CC1. The molecule has 1 fully saturated rings. The lowest BCUT2D eigenvalue weighted by Crippen LogP contribution is -2.48. The summed E-state index contributed by atoms with van der Waals surface area (Å²) in [5.41, 5.74) is -0.470. The lowest BCUT2D eigenvalue weighted by Gasteiger charge is -2.23. The number of hydrogen-bond donors (Lipinski definition) is 2. The fraction of sp³-hybridized carbons (Fsp3) is 0.600. The first-order valence-corrected chi connectivity index (χ1v) is 5.15. The van der Waals surface area contributed by atoms with Gasteiger partial charge in [-0.15, -0.1) is 0 Å². The van der Waals surface area contributed by atoms with Crippen LogP contribution in [0.15, 0.2) is 5.10 Å². The number of amides is 1. The summed E-state index contributed by atoms with van der Waals surface area (Å²) in [5, 5.41) is 12.6. The van der Waals surface area contributed by atoms with Gasteiger partial charge in [0.15, 0.2) is 5.41 Å². The van der Waals surface area contributed by atoms with Crippen LogP contribution in [0.4, 0.5) is 0 Å². The van der Waals surface area contributed by atoms with Crippen LogP contribution in [0.25, 0.3) is 0 Å². The molecule has 1 aliphatic heterocycles. The first-order chi connectivity index (χ1) is 7.83. The number of carbonyl (C=O) groups excluding carboxylic acids is 2. The molecule has 0 aromatic rings. The van der Waals surface area contributed by atoms with E-state index >= 15 is 0 Å². The molecule has 0 radical (unpaired) electrons. The maximum atomic E-state index is 11.8. The molecule has 1 amide bonds. The summed E-state index contributed by atoms with van der Waals surface area (Å²) in [5.74, 6) is -2.65. The zero-order valence-electron chi connectivity index (χ0n) is 9.44. The Morgan fingerprint density at radius 1 is 1.47 bits per heavy atom. The van der Waals surface area contributed by atoms with Crippen molar-refractivity contribution in [2.24, 2.45) is 10.5 Å². The van der Waals surface area contributed by atoms with Gasteiger partial charge in [-0.05, 0) is 26.7 Å². The Morgan fingerprint density at radius 3 is 2.41 bits per heavy atom. The third-order valence-corrected chi connectivity index (χ3v) is 3.30. The van der Waals surface area contributed by atoms with Crippen molar-refractivity contribution in [1.82, 2.24) is 5.43 Å². The Balaban J connectivity index is 2.17. The summed E-state index contributed by atoms with van der Waals surface area (Å²) in [6.45, 7) is 2.93. The maximum absolute atomic E-state index is 11.8. The highest BCUT2D eigenvalue weighted by atomic mass is 16.6. The van der Waals surface area contributed by atoms with Crippen LogP contribution in [0.5, 0.6) is 0 Å². The van der Waals surface area contributed by atoms with Crippen molar-refractivity contribution in [3.63, 3.8) is 0 Å². The number of esters is 1. The number of rotatable bonds is 3. The highest BCUT2D eigenvalue weighted by Gasteiger charge is 2.61. The number of hydrazone groups is 1. The Morgan fingerprint density at radius 2 is 2.06 bits per heavy atom. The van der Waals surface area contributed by atoms with E-state index in [0.717, 1.165) is 0 Å². The maximum Gasteiger partial charge on any atom is 0.324 e. The van der Waals surface area contributed by atoms with Gasteiger partial charge >= 0.3 is 11.9 Å².